The van der Waals surface area contributed by atoms with Crippen LogP contribution in [0.4, 0.5) is 14.9 Å². The number of alkyl halides is 1. The third-order valence-corrected chi connectivity index (χ3v) is 7.05. The van der Waals surface area contributed by atoms with E-state index in [1.54, 1.807) is 40.7 Å². The standard InChI is InChI=1S/C24H30FN7O4/c1-28(2)23(35)29-9-7-24(36,8-10-29)14-31-15-26-21-18(22(31)34)11-27-32(21)17-5-3-16(4-6-17)30-12-19(25)20(33)13-30/h3-6,11,15,19-20,33,36H,7-10,12-14H2,1-2H3/t19-,20-/m1/s1. The molecule has 0 saturated carbocycles. The Bertz CT molecular complexity index is 1300. The zero-order valence-electron chi connectivity index (χ0n) is 20.3. The van der Waals surface area contributed by atoms with Crippen molar-refractivity contribution in [3.63, 3.8) is 0 Å². The maximum atomic E-state index is 13.7. The number of aromatic nitrogens is 4. The Morgan fingerprint density at radius 2 is 1.83 bits per heavy atom. The van der Waals surface area contributed by atoms with Crippen LogP contribution in [0.2, 0.25) is 0 Å². The number of carbonyl (C=O) groups is 1. The van der Waals surface area contributed by atoms with Gasteiger partial charge in [-0.25, -0.2) is 18.9 Å². The number of benzene rings is 1. The number of likely N-dealkylation sites (tertiary alicyclic amines) is 1. The molecule has 0 spiro atoms. The Morgan fingerprint density at radius 3 is 2.44 bits per heavy atom. The number of aliphatic hydroxyl groups is 2. The molecule has 2 atom stereocenters. The highest BCUT2D eigenvalue weighted by atomic mass is 19.1. The van der Waals surface area contributed by atoms with Gasteiger partial charge >= 0.3 is 6.03 Å². The molecular weight excluding hydrogens is 469 g/mol. The van der Waals surface area contributed by atoms with Crippen LogP contribution in [0.5, 0.6) is 0 Å². The Labute approximate surface area is 207 Å². The van der Waals surface area contributed by atoms with Crippen LogP contribution >= 0.6 is 0 Å². The van der Waals surface area contributed by atoms with Gasteiger partial charge in [0.2, 0.25) is 0 Å². The normalized spacial score (nSPS) is 21.8. The molecule has 2 aliphatic rings. The first-order valence-corrected chi connectivity index (χ1v) is 11.9. The molecule has 12 heteroatoms. The number of piperidine rings is 1. The van der Waals surface area contributed by atoms with Crippen LogP contribution in [-0.4, -0.2) is 104 Å². The molecule has 36 heavy (non-hydrogen) atoms. The van der Waals surface area contributed by atoms with Gasteiger partial charge in [-0.15, -0.1) is 0 Å². The number of urea groups is 1. The molecule has 2 aliphatic heterocycles. The summed E-state index contributed by atoms with van der Waals surface area (Å²) in [5.41, 5.74) is 0.448. The molecule has 2 aromatic heterocycles. The highest BCUT2D eigenvalue weighted by Gasteiger charge is 2.35. The highest BCUT2D eigenvalue weighted by Crippen LogP contribution is 2.26. The number of β-amino-alcohol motifs (C(OH)–C–C–N with tert-alkyl or cyclic N) is 1. The molecule has 0 aliphatic carbocycles. The zero-order chi connectivity index (χ0) is 25.6. The Hall–Kier alpha value is -3.51. The summed E-state index contributed by atoms with van der Waals surface area (Å²) in [5.74, 6) is 0. The minimum atomic E-state index is -1.27. The quantitative estimate of drug-likeness (QED) is 0.540. The first kappa shape index (κ1) is 24.2. The second-order valence-corrected chi connectivity index (χ2v) is 9.86. The van der Waals surface area contributed by atoms with E-state index in [9.17, 15) is 24.2 Å². The fraction of sp³-hybridized carbons (Fsp3) is 0.500. The van der Waals surface area contributed by atoms with Crippen molar-refractivity contribution in [3.8, 4) is 5.69 Å². The molecule has 3 aromatic rings. The third-order valence-electron chi connectivity index (χ3n) is 7.05. The summed E-state index contributed by atoms with van der Waals surface area (Å²) in [6.45, 7) is 1.28. The number of anilines is 1. The van der Waals surface area contributed by atoms with Crippen LogP contribution in [0.25, 0.3) is 16.7 Å². The number of rotatable bonds is 4. The number of nitrogens with zero attached hydrogens (tertiary/aromatic N) is 7. The average molecular weight is 500 g/mol. The van der Waals surface area contributed by atoms with Gasteiger partial charge in [-0.1, -0.05) is 0 Å². The predicted molar refractivity (Wildman–Crippen MR) is 131 cm³/mol. The largest absolute Gasteiger partial charge is 0.388 e. The number of halogens is 1. The van der Waals surface area contributed by atoms with Crippen molar-refractivity contribution in [1.29, 1.82) is 0 Å². The number of hydrogen-bond acceptors (Lipinski definition) is 7. The summed E-state index contributed by atoms with van der Waals surface area (Å²) >= 11 is 0. The fourth-order valence-corrected chi connectivity index (χ4v) is 4.88. The van der Waals surface area contributed by atoms with E-state index in [2.05, 4.69) is 10.1 Å². The molecule has 2 N–H and O–H groups in total. The first-order chi connectivity index (χ1) is 17.1. The molecule has 0 unspecified atom stereocenters. The van der Waals surface area contributed by atoms with Gasteiger partial charge in [0, 0.05) is 39.4 Å². The molecule has 192 valence electrons. The molecule has 0 radical (unpaired) electrons. The SMILES string of the molecule is CN(C)C(=O)N1CCC(O)(Cn2cnc3c(cnn3-c3ccc(N4C[C@@H](O)[C@H](F)C4)cc3)c2=O)CC1. The zero-order valence-corrected chi connectivity index (χ0v) is 20.3. The lowest BCUT2D eigenvalue weighted by Gasteiger charge is -2.39. The molecule has 4 heterocycles. The van der Waals surface area contributed by atoms with Gasteiger partial charge in [0.15, 0.2) is 5.65 Å². The molecule has 1 aromatic carbocycles. The monoisotopic (exact) mass is 499 g/mol. The van der Waals surface area contributed by atoms with Crippen molar-refractivity contribution >= 4 is 22.8 Å². The van der Waals surface area contributed by atoms with Crippen LogP contribution in [0, 0.1) is 0 Å². The summed E-state index contributed by atoms with van der Waals surface area (Å²) in [6, 6.07) is 7.15. The van der Waals surface area contributed by atoms with E-state index >= 15 is 0 Å². The van der Waals surface area contributed by atoms with Crippen molar-refractivity contribution in [2.75, 3.05) is 45.2 Å². The Morgan fingerprint density at radius 1 is 1.17 bits per heavy atom. The minimum Gasteiger partial charge on any atom is -0.388 e. The minimum absolute atomic E-state index is 0.0793. The van der Waals surface area contributed by atoms with Gasteiger partial charge < -0.3 is 24.9 Å². The van der Waals surface area contributed by atoms with Crippen LogP contribution in [0.15, 0.2) is 41.6 Å². The van der Waals surface area contributed by atoms with Gasteiger partial charge in [0.1, 0.15) is 24.0 Å². The second kappa shape index (κ2) is 9.17. The van der Waals surface area contributed by atoms with Crippen LogP contribution in [0.3, 0.4) is 0 Å². The summed E-state index contributed by atoms with van der Waals surface area (Å²) in [5, 5.41) is 25.4. The molecule has 2 amide bonds. The average Bonchev–Trinajstić information content (AvgIpc) is 3.44. The Kier molecular flexibility index (Phi) is 6.17. The van der Waals surface area contributed by atoms with E-state index in [1.165, 1.54) is 22.0 Å². The predicted octanol–water partition coefficient (Wildman–Crippen LogP) is 0.610. The van der Waals surface area contributed by atoms with Crippen molar-refractivity contribution in [3.05, 3.63) is 47.1 Å². The molecule has 2 fully saturated rings. The Balaban J connectivity index is 1.33. The van der Waals surface area contributed by atoms with E-state index in [0.29, 0.717) is 42.7 Å². The number of aliphatic hydroxyl groups excluding tert-OH is 1. The fourth-order valence-electron chi connectivity index (χ4n) is 4.88. The van der Waals surface area contributed by atoms with Gasteiger partial charge in [-0.3, -0.25) is 9.36 Å². The van der Waals surface area contributed by atoms with E-state index < -0.39 is 17.9 Å². The van der Waals surface area contributed by atoms with Crippen molar-refractivity contribution < 1.29 is 19.4 Å². The number of carbonyl (C=O) groups excluding carboxylic acids is 1. The lowest BCUT2D eigenvalue weighted by molar-refractivity contribution is -0.0282. The summed E-state index contributed by atoms with van der Waals surface area (Å²) in [4.78, 5) is 34.8. The van der Waals surface area contributed by atoms with Gasteiger partial charge in [0.05, 0.1) is 30.6 Å². The molecule has 0 bridgehead atoms. The van der Waals surface area contributed by atoms with E-state index in [1.807, 2.05) is 12.1 Å². The first-order valence-electron chi connectivity index (χ1n) is 11.9. The van der Waals surface area contributed by atoms with Gasteiger partial charge in [0.25, 0.3) is 5.56 Å². The third kappa shape index (κ3) is 4.42. The topological polar surface area (TPSA) is 120 Å². The maximum absolute atomic E-state index is 13.7. The van der Waals surface area contributed by atoms with Gasteiger partial charge in [-0.05, 0) is 37.1 Å². The van der Waals surface area contributed by atoms with Gasteiger partial charge in [-0.2, -0.15) is 5.10 Å². The summed E-state index contributed by atoms with van der Waals surface area (Å²) in [7, 11) is 3.38. The molecular formula is C24H30FN7O4. The van der Waals surface area contributed by atoms with Crippen LogP contribution in [-0.2, 0) is 6.54 Å². The lowest BCUT2D eigenvalue weighted by atomic mass is 9.91. The molecule has 2 saturated heterocycles. The van der Waals surface area contributed by atoms with E-state index in [4.69, 9.17) is 0 Å². The molecule has 11 nitrogen and oxygen atoms in total. The summed E-state index contributed by atoms with van der Waals surface area (Å²) in [6.07, 6.45) is 1.34. The number of amides is 2. The van der Waals surface area contributed by atoms with Crippen LogP contribution in [0.1, 0.15) is 12.8 Å². The van der Waals surface area contributed by atoms with Crippen LogP contribution < -0.4 is 10.5 Å². The lowest BCUT2D eigenvalue weighted by Crippen LogP contribution is -2.51. The second-order valence-electron chi connectivity index (χ2n) is 9.86. The smallest absolute Gasteiger partial charge is 0.319 e. The van der Waals surface area contributed by atoms with E-state index in [0.717, 1.165) is 5.69 Å². The van der Waals surface area contributed by atoms with Crippen molar-refractivity contribution in [2.24, 2.45) is 0 Å². The maximum Gasteiger partial charge on any atom is 0.319 e. The van der Waals surface area contributed by atoms with Crippen molar-refractivity contribution in [1.82, 2.24) is 29.1 Å². The van der Waals surface area contributed by atoms with E-state index in [-0.39, 0.29) is 31.2 Å². The summed E-state index contributed by atoms with van der Waals surface area (Å²) < 4.78 is 16.6. The highest BCUT2D eigenvalue weighted by molar-refractivity contribution is 5.75. The number of hydrogen-bond donors (Lipinski definition) is 2. The van der Waals surface area contributed by atoms with Crippen molar-refractivity contribution in [2.45, 2.75) is 37.3 Å². The molecule has 5 rings (SSSR count). The number of fused-ring (bicyclic) bond motifs is 1.